The summed E-state index contributed by atoms with van der Waals surface area (Å²) < 4.78 is 0. The second-order valence-electron chi connectivity index (χ2n) is 9.14. The van der Waals surface area contributed by atoms with Crippen molar-refractivity contribution in [3.05, 3.63) is 64.7 Å². The Morgan fingerprint density at radius 2 is 1.36 bits per heavy atom. The standard InChI is InChI=1S/C24H24O4/c25-19-5-6-20(22(26)17-1-3-18(4-2-17)23(27)28)21(10-19)24-11-14-7-15(12-24)9-16(8-14)13-24/h1-6,10,14-16,25H,7-9,11-13H2,(H,27,28). The number of aromatic carboxylic acids is 1. The van der Waals surface area contributed by atoms with Gasteiger partial charge in [0, 0.05) is 11.1 Å². The molecule has 2 aromatic rings. The molecule has 4 bridgehead atoms. The van der Waals surface area contributed by atoms with Gasteiger partial charge in [-0.1, -0.05) is 12.1 Å². The van der Waals surface area contributed by atoms with Gasteiger partial charge in [0.1, 0.15) is 5.75 Å². The number of rotatable bonds is 4. The average Bonchev–Trinajstić information content (AvgIpc) is 2.66. The fourth-order valence-corrected chi connectivity index (χ4v) is 6.53. The fraction of sp³-hybridized carbons (Fsp3) is 0.417. The normalized spacial score (nSPS) is 30.4. The van der Waals surface area contributed by atoms with Crippen molar-refractivity contribution in [2.75, 3.05) is 0 Å². The van der Waals surface area contributed by atoms with E-state index in [0.29, 0.717) is 11.1 Å². The van der Waals surface area contributed by atoms with Gasteiger partial charge >= 0.3 is 5.97 Å². The molecule has 0 unspecified atom stereocenters. The summed E-state index contributed by atoms with van der Waals surface area (Å²) in [6.45, 7) is 0. The Hall–Kier alpha value is -2.62. The van der Waals surface area contributed by atoms with Crippen molar-refractivity contribution >= 4 is 11.8 Å². The summed E-state index contributed by atoms with van der Waals surface area (Å²) in [5.74, 6) is 1.34. The van der Waals surface area contributed by atoms with Crippen LogP contribution in [0.25, 0.3) is 0 Å². The quantitative estimate of drug-likeness (QED) is 0.753. The summed E-state index contributed by atoms with van der Waals surface area (Å²) in [6.07, 6.45) is 7.29. The van der Waals surface area contributed by atoms with Crippen LogP contribution in [0.1, 0.15) is 70.4 Å². The first-order valence-corrected chi connectivity index (χ1v) is 10.1. The minimum atomic E-state index is -1.00. The Morgan fingerprint density at radius 3 is 1.89 bits per heavy atom. The van der Waals surface area contributed by atoms with Crippen LogP contribution in [0.4, 0.5) is 0 Å². The van der Waals surface area contributed by atoms with Gasteiger partial charge in [0.15, 0.2) is 5.78 Å². The van der Waals surface area contributed by atoms with E-state index in [0.717, 1.165) is 42.6 Å². The number of carboxylic acids is 1. The third-order valence-corrected chi connectivity index (χ3v) is 7.25. The number of carbonyl (C=O) groups excluding carboxylic acids is 1. The molecule has 4 nitrogen and oxygen atoms in total. The minimum absolute atomic E-state index is 0.000507. The summed E-state index contributed by atoms with van der Waals surface area (Å²) in [5.41, 5.74) is 2.31. The number of benzene rings is 2. The van der Waals surface area contributed by atoms with Gasteiger partial charge in [-0.3, -0.25) is 4.79 Å². The minimum Gasteiger partial charge on any atom is -0.508 e. The molecule has 0 aliphatic heterocycles. The Labute approximate surface area is 164 Å². The molecule has 4 aliphatic rings. The van der Waals surface area contributed by atoms with Gasteiger partial charge in [-0.05, 0) is 97.6 Å². The van der Waals surface area contributed by atoms with Crippen molar-refractivity contribution in [2.45, 2.75) is 43.9 Å². The van der Waals surface area contributed by atoms with Gasteiger partial charge in [0.25, 0.3) is 0 Å². The van der Waals surface area contributed by atoms with Gasteiger partial charge in [0.05, 0.1) is 5.56 Å². The first-order valence-electron chi connectivity index (χ1n) is 10.1. The summed E-state index contributed by atoms with van der Waals surface area (Å²) in [7, 11) is 0. The molecule has 0 amide bonds. The summed E-state index contributed by atoms with van der Waals surface area (Å²) >= 11 is 0. The van der Waals surface area contributed by atoms with Crippen molar-refractivity contribution in [1.82, 2.24) is 0 Å². The Morgan fingerprint density at radius 1 is 0.821 bits per heavy atom. The maximum Gasteiger partial charge on any atom is 0.335 e. The van der Waals surface area contributed by atoms with Gasteiger partial charge in [-0.15, -0.1) is 0 Å². The van der Waals surface area contributed by atoms with E-state index in [1.165, 1.54) is 31.4 Å². The smallest absolute Gasteiger partial charge is 0.335 e. The van der Waals surface area contributed by atoms with E-state index in [2.05, 4.69) is 0 Å². The predicted octanol–water partition coefficient (Wildman–Crippen LogP) is 4.79. The molecule has 6 rings (SSSR count). The van der Waals surface area contributed by atoms with E-state index in [4.69, 9.17) is 5.11 Å². The highest BCUT2D eigenvalue weighted by molar-refractivity contribution is 6.10. The maximum atomic E-state index is 13.3. The predicted molar refractivity (Wildman–Crippen MR) is 105 cm³/mol. The van der Waals surface area contributed by atoms with Crippen molar-refractivity contribution in [3.8, 4) is 5.75 Å². The SMILES string of the molecule is O=C(O)c1ccc(C(=O)c2ccc(O)cc2C23CC4CC(CC(C4)C2)C3)cc1. The van der Waals surface area contributed by atoms with Crippen molar-refractivity contribution in [2.24, 2.45) is 17.8 Å². The summed E-state index contributed by atoms with van der Waals surface area (Å²) in [6, 6.07) is 11.3. The van der Waals surface area contributed by atoms with E-state index in [1.807, 2.05) is 6.07 Å². The second kappa shape index (κ2) is 6.20. The molecule has 4 fully saturated rings. The molecule has 0 saturated heterocycles. The fourth-order valence-electron chi connectivity index (χ4n) is 6.53. The van der Waals surface area contributed by atoms with Crippen molar-refractivity contribution in [3.63, 3.8) is 0 Å². The molecule has 4 heteroatoms. The molecule has 4 saturated carbocycles. The molecular formula is C24H24O4. The topological polar surface area (TPSA) is 74.6 Å². The first kappa shape index (κ1) is 17.5. The summed E-state index contributed by atoms with van der Waals surface area (Å²) in [4.78, 5) is 24.4. The Bertz CT molecular complexity index is 922. The second-order valence-corrected chi connectivity index (χ2v) is 9.14. The van der Waals surface area contributed by atoms with Crippen LogP contribution in [0.5, 0.6) is 5.75 Å². The van der Waals surface area contributed by atoms with Crippen LogP contribution < -0.4 is 0 Å². The van der Waals surface area contributed by atoms with Crippen LogP contribution in [0.2, 0.25) is 0 Å². The number of carboxylic acid groups (broad SMARTS) is 1. The third kappa shape index (κ3) is 2.74. The van der Waals surface area contributed by atoms with Crippen molar-refractivity contribution < 1.29 is 19.8 Å². The zero-order valence-corrected chi connectivity index (χ0v) is 15.7. The highest BCUT2D eigenvalue weighted by atomic mass is 16.4. The van der Waals surface area contributed by atoms with E-state index < -0.39 is 5.97 Å². The van der Waals surface area contributed by atoms with Gasteiger partial charge < -0.3 is 10.2 Å². The van der Waals surface area contributed by atoms with Gasteiger partial charge in [-0.25, -0.2) is 4.79 Å². The molecule has 0 heterocycles. The molecular weight excluding hydrogens is 352 g/mol. The van der Waals surface area contributed by atoms with Crippen LogP contribution in [0, 0.1) is 17.8 Å². The van der Waals surface area contributed by atoms with E-state index in [-0.39, 0.29) is 22.5 Å². The number of aromatic hydroxyl groups is 1. The molecule has 2 aromatic carbocycles. The lowest BCUT2D eigenvalue weighted by Gasteiger charge is -2.57. The number of phenolic OH excluding ortho intramolecular Hbond substituents is 1. The largest absolute Gasteiger partial charge is 0.508 e. The number of hydrogen-bond acceptors (Lipinski definition) is 3. The zero-order chi connectivity index (χ0) is 19.5. The van der Waals surface area contributed by atoms with Crippen LogP contribution >= 0.6 is 0 Å². The van der Waals surface area contributed by atoms with Crippen LogP contribution in [-0.4, -0.2) is 22.0 Å². The van der Waals surface area contributed by atoms with Crippen LogP contribution in [0.3, 0.4) is 0 Å². The zero-order valence-electron chi connectivity index (χ0n) is 15.7. The van der Waals surface area contributed by atoms with Gasteiger partial charge in [0.2, 0.25) is 0 Å². The molecule has 0 spiro atoms. The Kier molecular flexibility index (Phi) is 3.87. The van der Waals surface area contributed by atoms with E-state index >= 15 is 0 Å². The first-order chi connectivity index (χ1) is 13.4. The molecule has 0 radical (unpaired) electrons. The number of phenols is 1. The lowest BCUT2D eigenvalue weighted by molar-refractivity contribution is -0.00557. The molecule has 144 valence electrons. The van der Waals surface area contributed by atoms with E-state index in [9.17, 15) is 14.7 Å². The third-order valence-electron chi connectivity index (χ3n) is 7.25. The molecule has 0 aromatic heterocycles. The van der Waals surface area contributed by atoms with Crippen molar-refractivity contribution in [1.29, 1.82) is 0 Å². The van der Waals surface area contributed by atoms with Crippen LogP contribution in [0.15, 0.2) is 42.5 Å². The highest BCUT2D eigenvalue weighted by Crippen LogP contribution is 2.61. The molecule has 28 heavy (non-hydrogen) atoms. The number of hydrogen-bond donors (Lipinski definition) is 2. The lowest BCUT2D eigenvalue weighted by Crippen LogP contribution is -2.49. The number of ketones is 1. The van der Waals surface area contributed by atoms with E-state index in [1.54, 1.807) is 24.3 Å². The van der Waals surface area contributed by atoms with Crippen LogP contribution in [-0.2, 0) is 5.41 Å². The molecule has 0 atom stereocenters. The molecule has 4 aliphatic carbocycles. The molecule has 2 N–H and O–H groups in total. The maximum absolute atomic E-state index is 13.3. The lowest BCUT2D eigenvalue weighted by atomic mass is 9.47. The monoisotopic (exact) mass is 376 g/mol. The number of carbonyl (C=O) groups is 2. The van der Waals surface area contributed by atoms with Gasteiger partial charge in [-0.2, -0.15) is 0 Å². The highest BCUT2D eigenvalue weighted by Gasteiger charge is 2.52. The average molecular weight is 376 g/mol. The summed E-state index contributed by atoms with van der Waals surface area (Å²) in [5, 5.41) is 19.3. The Balaban J connectivity index is 1.56.